The van der Waals surface area contributed by atoms with Gasteiger partial charge in [0, 0.05) is 36.0 Å². The molecule has 0 bridgehead atoms. The summed E-state index contributed by atoms with van der Waals surface area (Å²) in [5.41, 5.74) is 0. The summed E-state index contributed by atoms with van der Waals surface area (Å²) in [7, 11) is -3.84. The van der Waals surface area contributed by atoms with Crippen molar-refractivity contribution in [1.82, 2.24) is 19.3 Å². The third-order valence-electron chi connectivity index (χ3n) is 4.40. The van der Waals surface area contributed by atoms with Crippen LogP contribution >= 0.6 is 27.3 Å². The molecule has 0 spiro atoms. The van der Waals surface area contributed by atoms with E-state index in [1.54, 1.807) is 0 Å². The van der Waals surface area contributed by atoms with Gasteiger partial charge in [-0.05, 0) is 34.1 Å². The fraction of sp³-hybridized carbons (Fsp3) is 0.294. The molecule has 7 nitrogen and oxygen atoms in total. The molecule has 11 heteroatoms. The fourth-order valence-electron chi connectivity index (χ4n) is 2.96. The van der Waals surface area contributed by atoms with Gasteiger partial charge in [-0.15, -0.1) is 11.3 Å². The highest BCUT2D eigenvalue weighted by molar-refractivity contribution is 9.10. The van der Waals surface area contributed by atoms with Crippen molar-refractivity contribution in [3.05, 3.63) is 51.9 Å². The first kappa shape index (κ1) is 19.6. The van der Waals surface area contributed by atoms with Gasteiger partial charge in [0.05, 0.1) is 11.4 Å². The second-order valence-corrected chi connectivity index (χ2v) is 9.98. The summed E-state index contributed by atoms with van der Waals surface area (Å²) in [6, 6.07) is 7.36. The highest BCUT2D eigenvalue weighted by atomic mass is 79.9. The normalized spacial score (nSPS) is 16.5. The Morgan fingerprint density at radius 3 is 2.64 bits per heavy atom. The summed E-state index contributed by atoms with van der Waals surface area (Å²) >= 11 is 4.91. The second kappa shape index (κ2) is 7.99. The summed E-state index contributed by atoms with van der Waals surface area (Å²) in [4.78, 5) is 7.06. The van der Waals surface area contributed by atoms with Gasteiger partial charge in [-0.3, -0.25) is 4.90 Å². The molecule has 28 heavy (non-hydrogen) atoms. The summed E-state index contributed by atoms with van der Waals surface area (Å²) < 4.78 is 46.8. The molecule has 1 aliphatic rings. The molecule has 1 aliphatic heterocycles. The van der Waals surface area contributed by atoms with Crippen molar-refractivity contribution in [2.24, 2.45) is 0 Å². The molecule has 0 N–H and O–H groups in total. The number of aromatic nitrogens is 2. The Morgan fingerprint density at radius 2 is 1.96 bits per heavy atom. The summed E-state index contributed by atoms with van der Waals surface area (Å²) in [6.45, 7) is 1.98. The van der Waals surface area contributed by atoms with E-state index >= 15 is 0 Å². The van der Waals surface area contributed by atoms with E-state index in [0.717, 1.165) is 15.4 Å². The smallest absolute Gasteiger partial charge is 0.246 e. The lowest BCUT2D eigenvalue weighted by molar-refractivity contribution is 0.163. The Hall–Kier alpha value is -1.66. The molecule has 1 saturated heterocycles. The number of halogens is 2. The molecule has 0 radical (unpaired) electrons. The van der Waals surface area contributed by atoms with Gasteiger partial charge in [0.2, 0.25) is 21.7 Å². The zero-order chi connectivity index (χ0) is 19.7. The minimum Gasteiger partial charge on any atom is -0.338 e. The number of rotatable bonds is 5. The van der Waals surface area contributed by atoms with E-state index in [9.17, 15) is 12.8 Å². The van der Waals surface area contributed by atoms with Gasteiger partial charge in [-0.2, -0.15) is 9.29 Å². The van der Waals surface area contributed by atoms with Crippen LogP contribution in [0.5, 0.6) is 0 Å². The van der Waals surface area contributed by atoms with Crippen molar-refractivity contribution >= 4 is 37.3 Å². The van der Waals surface area contributed by atoms with Crippen molar-refractivity contribution in [3.8, 4) is 10.7 Å². The van der Waals surface area contributed by atoms with Gasteiger partial charge < -0.3 is 4.52 Å². The molecule has 1 aromatic carbocycles. The lowest BCUT2D eigenvalue weighted by atomic mass is 10.3. The Morgan fingerprint density at radius 1 is 1.21 bits per heavy atom. The van der Waals surface area contributed by atoms with E-state index in [1.807, 2.05) is 16.3 Å². The standard InChI is InChI=1S/C17H16BrFN4O3S2/c18-12-9-14(27-11-12)17-20-16(26-21-17)10-22-5-7-23(8-6-22)28(24,25)15-4-2-1-3-13(15)19/h1-4,9,11H,5-8,10H2. The number of hydrogen-bond acceptors (Lipinski definition) is 7. The lowest BCUT2D eigenvalue weighted by Crippen LogP contribution is -2.48. The highest BCUT2D eigenvalue weighted by Gasteiger charge is 2.30. The quantitative estimate of drug-likeness (QED) is 0.550. The van der Waals surface area contributed by atoms with E-state index in [0.29, 0.717) is 31.3 Å². The average Bonchev–Trinajstić information content (AvgIpc) is 3.31. The van der Waals surface area contributed by atoms with Crippen molar-refractivity contribution in [2.75, 3.05) is 26.2 Å². The molecule has 1 fully saturated rings. The van der Waals surface area contributed by atoms with Crippen LogP contribution in [-0.2, 0) is 16.6 Å². The minimum absolute atomic E-state index is 0.273. The van der Waals surface area contributed by atoms with Crippen LogP contribution in [0, 0.1) is 5.82 Å². The van der Waals surface area contributed by atoms with Crippen LogP contribution in [-0.4, -0.2) is 53.9 Å². The first-order chi connectivity index (χ1) is 13.4. The Bertz CT molecular complexity index is 1080. The zero-order valence-corrected chi connectivity index (χ0v) is 17.8. The van der Waals surface area contributed by atoms with Crippen molar-refractivity contribution < 1.29 is 17.3 Å². The molecule has 0 aliphatic carbocycles. The second-order valence-electron chi connectivity index (χ2n) is 6.25. The topological polar surface area (TPSA) is 79.5 Å². The summed E-state index contributed by atoms with van der Waals surface area (Å²) in [5, 5.41) is 5.94. The Labute approximate surface area is 174 Å². The number of thiophene rings is 1. The fourth-order valence-corrected chi connectivity index (χ4v) is 5.80. The molecule has 3 aromatic rings. The van der Waals surface area contributed by atoms with Gasteiger partial charge in [-0.1, -0.05) is 17.3 Å². The molecule has 0 atom stereocenters. The molecular formula is C17H16BrFN4O3S2. The number of nitrogens with zero attached hydrogens (tertiary/aromatic N) is 4. The van der Waals surface area contributed by atoms with Crippen molar-refractivity contribution in [1.29, 1.82) is 0 Å². The summed E-state index contributed by atoms with van der Waals surface area (Å²) in [6.07, 6.45) is 0. The van der Waals surface area contributed by atoms with Crippen molar-refractivity contribution in [2.45, 2.75) is 11.4 Å². The van der Waals surface area contributed by atoms with Crippen LogP contribution in [0.1, 0.15) is 5.89 Å². The van der Waals surface area contributed by atoms with Crippen LogP contribution in [0.3, 0.4) is 0 Å². The van der Waals surface area contributed by atoms with Gasteiger partial charge in [0.25, 0.3) is 0 Å². The Kier molecular flexibility index (Phi) is 5.61. The van der Waals surface area contributed by atoms with Crippen LogP contribution in [0.2, 0.25) is 0 Å². The maximum atomic E-state index is 13.9. The number of sulfonamides is 1. The predicted molar refractivity (Wildman–Crippen MR) is 106 cm³/mol. The summed E-state index contributed by atoms with van der Waals surface area (Å²) in [5.74, 6) is 0.278. The molecule has 148 valence electrons. The maximum absolute atomic E-state index is 13.9. The monoisotopic (exact) mass is 486 g/mol. The first-order valence-electron chi connectivity index (χ1n) is 8.47. The van der Waals surface area contributed by atoms with Crippen molar-refractivity contribution in [3.63, 3.8) is 0 Å². The number of piperazine rings is 1. The van der Waals surface area contributed by atoms with Gasteiger partial charge >= 0.3 is 0 Å². The van der Waals surface area contributed by atoms with E-state index in [-0.39, 0.29) is 18.0 Å². The molecule has 0 amide bonds. The number of hydrogen-bond donors (Lipinski definition) is 0. The maximum Gasteiger partial charge on any atom is 0.246 e. The largest absolute Gasteiger partial charge is 0.338 e. The first-order valence-corrected chi connectivity index (χ1v) is 11.6. The molecule has 0 saturated carbocycles. The molecule has 2 aromatic heterocycles. The minimum atomic E-state index is -3.84. The molecular weight excluding hydrogens is 471 g/mol. The third-order valence-corrected chi connectivity index (χ3v) is 8.02. The molecule has 3 heterocycles. The van der Waals surface area contributed by atoms with Crippen LogP contribution < -0.4 is 0 Å². The van der Waals surface area contributed by atoms with Gasteiger partial charge in [0.1, 0.15) is 10.7 Å². The average molecular weight is 487 g/mol. The van der Waals surface area contributed by atoms with E-state index in [1.165, 1.54) is 33.8 Å². The number of benzene rings is 1. The third kappa shape index (κ3) is 4.03. The zero-order valence-electron chi connectivity index (χ0n) is 14.6. The van der Waals surface area contributed by atoms with Gasteiger partial charge in [-0.25, -0.2) is 12.8 Å². The van der Waals surface area contributed by atoms with Crippen LogP contribution in [0.25, 0.3) is 10.7 Å². The predicted octanol–water partition coefficient (Wildman–Crippen LogP) is 3.21. The highest BCUT2D eigenvalue weighted by Crippen LogP contribution is 2.28. The molecule has 4 rings (SSSR count). The molecule has 0 unspecified atom stereocenters. The Balaban J connectivity index is 1.38. The lowest BCUT2D eigenvalue weighted by Gasteiger charge is -2.33. The van der Waals surface area contributed by atoms with E-state index in [2.05, 4.69) is 26.1 Å². The van der Waals surface area contributed by atoms with Crippen LogP contribution in [0.15, 0.2) is 49.6 Å². The van der Waals surface area contributed by atoms with E-state index < -0.39 is 15.8 Å². The SMILES string of the molecule is O=S(=O)(c1ccccc1F)N1CCN(Cc2nc(-c3cc(Br)cs3)no2)CC1. The van der Waals surface area contributed by atoms with Gasteiger partial charge in [0.15, 0.2) is 0 Å². The van der Waals surface area contributed by atoms with Crippen LogP contribution in [0.4, 0.5) is 4.39 Å². The van der Waals surface area contributed by atoms with E-state index in [4.69, 9.17) is 4.52 Å².